The zero-order chi connectivity index (χ0) is 25.1. The largest absolute Gasteiger partial charge is 0.500 e. The molecule has 7 nitrogen and oxygen atoms in total. The predicted octanol–water partition coefficient (Wildman–Crippen LogP) is 5.50. The lowest BCUT2D eigenvalue weighted by Gasteiger charge is -2.28. The molecule has 0 unspecified atom stereocenters. The van der Waals surface area contributed by atoms with Gasteiger partial charge in [0.25, 0.3) is 0 Å². The topological polar surface area (TPSA) is 70.9 Å². The maximum absolute atomic E-state index is 5.89. The minimum Gasteiger partial charge on any atom is -0.395 e. The Labute approximate surface area is 209 Å². The minimum atomic E-state index is -2.57. The van der Waals surface area contributed by atoms with E-state index in [0.717, 1.165) is 49.1 Å². The highest BCUT2D eigenvalue weighted by Crippen LogP contribution is 2.18. The number of nitrogens with zero attached hydrogens (tertiary/aromatic N) is 2. The fourth-order valence-corrected chi connectivity index (χ4v) is 8.67. The number of benzene rings is 1. The SMILES string of the molecule is CCO[Si](C)(CCCN=Cc1ccc(C=NCCC[Si](OCC)(OCC)OCC)cc1)OCC. The first-order valence-electron chi connectivity index (χ1n) is 12.8. The van der Waals surface area contributed by atoms with Gasteiger partial charge in [-0.3, -0.25) is 9.98 Å². The van der Waals surface area contributed by atoms with Crippen molar-refractivity contribution in [1.82, 2.24) is 0 Å². The van der Waals surface area contributed by atoms with E-state index < -0.39 is 17.4 Å². The van der Waals surface area contributed by atoms with E-state index in [2.05, 4.69) is 40.8 Å². The van der Waals surface area contributed by atoms with Crippen LogP contribution in [0.2, 0.25) is 18.6 Å². The van der Waals surface area contributed by atoms with E-state index in [9.17, 15) is 0 Å². The van der Waals surface area contributed by atoms with Crippen LogP contribution in [0.3, 0.4) is 0 Å². The molecule has 0 aliphatic rings. The van der Waals surface area contributed by atoms with Crippen molar-refractivity contribution in [2.75, 3.05) is 46.1 Å². The van der Waals surface area contributed by atoms with Gasteiger partial charge in [0.1, 0.15) is 0 Å². The average Bonchev–Trinajstić information content (AvgIpc) is 2.80. The fourth-order valence-electron chi connectivity index (χ4n) is 3.68. The lowest BCUT2D eigenvalue weighted by Crippen LogP contribution is -2.46. The number of hydrogen-bond acceptors (Lipinski definition) is 7. The molecule has 9 heteroatoms. The molecule has 0 atom stereocenters. The van der Waals surface area contributed by atoms with Crippen molar-refractivity contribution in [2.45, 2.75) is 66.1 Å². The lowest BCUT2D eigenvalue weighted by atomic mass is 10.1. The van der Waals surface area contributed by atoms with Crippen LogP contribution in [0.25, 0.3) is 0 Å². The van der Waals surface area contributed by atoms with Gasteiger partial charge in [-0.1, -0.05) is 24.3 Å². The predicted molar refractivity (Wildman–Crippen MR) is 146 cm³/mol. The summed E-state index contributed by atoms with van der Waals surface area (Å²) >= 11 is 0. The maximum atomic E-state index is 5.89. The van der Waals surface area contributed by atoms with Crippen molar-refractivity contribution in [1.29, 1.82) is 0 Å². The van der Waals surface area contributed by atoms with Crippen LogP contribution in [0.1, 0.15) is 58.6 Å². The summed E-state index contributed by atoms with van der Waals surface area (Å²) in [5.74, 6) is 0. The average molecular weight is 511 g/mol. The van der Waals surface area contributed by atoms with Gasteiger partial charge in [-0.25, -0.2) is 0 Å². The Morgan fingerprint density at radius 1 is 0.618 bits per heavy atom. The molecular formula is C25H46N2O5Si2. The van der Waals surface area contributed by atoms with Crippen molar-refractivity contribution in [3.05, 3.63) is 35.4 Å². The van der Waals surface area contributed by atoms with Gasteiger partial charge in [0.2, 0.25) is 0 Å². The van der Waals surface area contributed by atoms with Crippen LogP contribution in [0, 0.1) is 0 Å². The van der Waals surface area contributed by atoms with Crippen LogP contribution in [0.5, 0.6) is 0 Å². The third-order valence-corrected chi connectivity index (χ3v) is 11.3. The van der Waals surface area contributed by atoms with Crippen molar-refractivity contribution in [2.24, 2.45) is 9.98 Å². The van der Waals surface area contributed by atoms with Crippen LogP contribution >= 0.6 is 0 Å². The summed E-state index contributed by atoms with van der Waals surface area (Å²) in [6.07, 6.45) is 5.70. The molecule has 0 amide bonds. The molecule has 194 valence electrons. The summed E-state index contributed by atoms with van der Waals surface area (Å²) in [5.41, 5.74) is 2.17. The third-order valence-electron chi connectivity index (χ3n) is 5.10. The third kappa shape index (κ3) is 12.5. The fraction of sp³-hybridized carbons (Fsp3) is 0.680. The first-order chi connectivity index (χ1) is 16.5. The summed E-state index contributed by atoms with van der Waals surface area (Å²) in [6, 6.07) is 10.0. The first-order valence-corrected chi connectivity index (χ1v) is 17.2. The van der Waals surface area contributed by atoms with Crippen molar-refractivity contribution in [3.63, 3.8) is 0 Å². The molecule has 1 aromatic carbocycles. The lowest BCUT2D eigenvalue weighted by molar-refractivity contribution is 0.0710. The maximum Gasteiger partial charge on any atom is 0.500 e. The molecule has 0 fully saturated rings. The van der Waals surface area contributed by atoms with Gasteiger partial charge in [-0.15, -0.1) is 0 Å². The molecule has 1 rings (SSSR count). The Hall–Kier alpha value is -1.21. The second kappa shape index (κ2) is 18.1. The van der Waals surface area contributed by atoms with Gasteiger partial charge in [0, 0.05) is 64.6 Å². The quantitative estimate of drug-likeness (QED) is 0.132. The van der Waals surface area contributed by atoms with E-state index in [1.165, 1.54) is 0 Å². The Morgan fingerprint density at radius 2 is 1.00 bits per heavy atom. The summed E-state index contributed by atoms with van der Waals surface area (Å²) in [7, 11) is -4.61. The molecule has 0 radical (unpaired) electrons. The Balaban J connectivity index is 2.44. The Bertz CT molecular complexity index is 678. The zero-order valence-corrected chi connectivity index (χ0v) is 24.2. The second-order valence-electron chi connectivity index (χ2n) is 7.93. The highest BCUT2D eigenvalue weighted by Gasteiger charge is 2.39. The van der Waals surface area contributed by atoms with E-state index >= 15 is 0 Å². The molecule has 0 aromatic heterocycles. The van der Waals surface area contributed by atoms with Gasteiger partial charge in [0.05, 0.1) is 0 Å². The van der Waals surface area contributed by atoms with Gasteiger partial charge >= 0.3 is 17.4 Å². The van der Waals surface area contributed by atoms with Crippen molar-refractivity contribution < 1.29 is 22.1 Å². The Kier molecular flexibility index (Phi) is 16.4. The molecule has 0 heterocycles. The van der Waals surface area contributed by atoms with Crippen LogP contribution < -0.4 is 0 Å². The van der Waals surface area contributed by atoms with Crippen LogP contribution in [0.15, 0.2) is 34.3 Å². The molecule has 34 heavy (non-hydrogen) atoms. The van der Waals surface area contributed by atoms with Gasteiger partial charge in [-0.2, -0.15) is 0 Å². The number of hydrogen-bond donors (Lipinski definition) is 0. The van der Waals surface area contributed by atoms with Gasteiger partial charge in [-0.05, 0) is 71.2 Å². The van der Waals surface area contributed by atoms with E-state index in [-0.39, 0.29) is 0 Å². The van der Waals surface area contributed by atoms with Crippen molar-refractivity contribution in [3.8, 4) is 0 Å². The minimum absolute atomic E-state index is 0.604. The summed E-state index contributed by atoms with van der Waals surface area (Å²) in [5, 5.41) is 0. The molecule has 1 aromatic rings. The molecule has 0 aliphatic carbocycles. The second-order valence-corrected chi connectivity index (χ2v) is 14.0. The molecule has 0 saturated carbocycles. The standard InChI is InChI=1S/C25H46N2O5Si2/c1-7-28-33(6,29-8-2)20-12-18-26-22-24-14-16-25(17-15-24)23-27-19-13-21-34(30-9-3,31-10-4)32-11-5/h14-17,22-23H,7-13,18-21H2,1-6H3. The number of rotatable bonds is 20. The number of aliphatic imine (C=N–C) groups is 2. The van der Waals surface area contributed by atoms with Crippen LogP contribution in [0.4, 0.5) is 0 Å². The molecule has 0 N–H and O–H groups in total. The molecule has 0 aliphatic heterocycles. The van der Waals surface area contributed by atoms with Crippen molar-refractivity contribution >= 4 is 29.8 Å². The molecular weight excluding hydrogens is 464 g/mol. The van der Waals surface area contributed by atoms with Gasteiger partial charge < -0.3 is 22.1 Å². The monoisotopic (exact) mass is 510 g/mol. The highest BCUT2D eigenvalue weighted by molar-refractivity contribution is 6.66. The van der Waals surface area contributed by atoms with Crippen LogP contribution in [-0.4, -0.2) is 75.9 Å². The Morgan fingerprint density at radius 3 is 1.38 bits per heavy atom. The smallest absolute Gasteiger partial charge is 0.395 e. The summed E-state index contributed by atoms with van der Waals surface area (Å²) in [4.78, 5) is 9.14. The van der Waals surface area contributed by atoms with E-state index in [0.29, 0.717) is 33.0 Å². The summed E-state index contributed by atoms with van der Waals surface area (Å²) in [6.45, 7) is 16.9. The molecule has 0 bridgehead atoms. The van der Waals surface area contributed by atoms with Crippen LogP contribution in [-0.2, 0) is 22.1 Å². The normalized spacial score (nSPS) is 12.9. The molecule has 0 spiro atoms. The first kappa shape index (κ1) is 30.8. The highest BCUT2D eigenvalue weighted by atomic mass is 28.4. The van der Waals surface area contributed by atoms with E-state index in [1.54, 1.807) is 0 Å². The summed E-state index contributed by atoms with van der Waals surface area (Å²) < 4.78 is 29.4. The van der Waals surface area contributed by atoms with E-state index in [4.69, 9.17) is 22.1 Å². The molecule has 0 saturated heterocycles. The van der Waals surface area contributed by atoms with Gasteiger partial charge in [0.15, 0.2) is 0 Å². The van der Waals surface area contributed by atoms with E-state index in [1.807, 2.05) is 47.0 Å². The zero-order valence-electron chi connectivity index (χ0n) is 22.2.